The van der Waals surface area contributed by atoms with Crippen LogP contribution in [0.3, 0.4) is 0 Å². The number of sulfone groups is 1. The summed E-state index contributed by atoms with van der Waals surface area (Å²) in [5.74, 6) is -1.12. The minimum atomic E-state index is -3.21. The monoisotopic (exact) mass is 461 g/mol. The van der Waals surface area contributed by atoms with E-state index < -0.39 is 15.8 Å². The highest BCUT2D eigenvalue weighted by molar-refractivity contribution is 7.90. The van der Waals surface area contributed by atoms with Crippen molar-refractivity contribution in [1.82, 2.24) is 0 Å². The van der Waals surface area contributed by atoms with Gasteiger partial charge in [0.1, 0.15) is 5.00 Å². The van der Waals surface area contributed by atoms with E-state index in [0.717, 1.165) is 11.3 Å². The SMILES string of the molecule is CCOC(=O)c1c(NC(=O)Cc2ccc(Cl)cc2Cl)sc2c1CCS(=O)(=O)C2. The Morgan fingerprint density at radius 2 is 2.04 bits per heavy atom. The predicted molar refractivity (Wildman–Crippen MR) is 110 cm³/mol. The summed E-state index contributed by atoms with van der Waals surface area (Å²) >= 11 is 13.1. The van der Waals surface area contributed by atoms with E-state index in [-0.39, 0.29) is 42.4 Å². The van der Waals surface area contributed by atoms with Gasteiger partial charge in [0, 0.05) is 14.9 Å². The van der Waals surface area contributed by atoms with Crippen molar-refractivity contribution in [3.63, 3.8) is 0 Å². The Morgan fingerprint density at radius 1 is 1.29 bits per heavy atom. The number of carbonyl (C=O) groups excluding carboxylic acids is 2. The van der Waals surface area contributed by atoms with Crippen molar-refractivity contribution in [2.24, 2.45) is 0 Å². The molecule has 1 aromatic heterocycles. The van der Waals surface area contributed by atoms with Gasteiger partial charge in [0.15, 0.2) is 9.84 Å². The lowest BCUT2D eigenvalue weighted by Crippen LogP contribution is -2.20. The molecule has 1 aliphatic heterocycles. The molecule has 0 unspecified atom stereocenters. The first-order valence-electron chi connectivity index (χ1n) is 8.46. The Labute approximate surface area is 176 Å². The van der Waals surface area contributed by atoms with Gasteiger partial charge in [-0.1, -0.05) is 29.3 Å². The zero-order chi connectivity index (χ0) is 20.5. The lowest BCUT2D eigenvalue weighted by atomic mass is 10.1. The highest BCUT2D eigenvalue weighted by Crippen LogP contribution is 2.38. The highest BCUT2D eigenvalue weighted by Gasteiger charge is 2.32. The van der Waals surface area contributed by atoms with E-state index in [0.29, 0.717) is 31.1 Å². The molecular weight excluding hydrogens is 445 g/mol. The van der Waals surface area contributed by atoms with E-state index in [1.165, 1.54) is 0 Å². The van der Waals surface area contributed by atoms with Crippen LogP contribution in [0.1, 0.15) is 33.3 Å². The lowest BCUT2D eigenvalue weighted by Gasteiger charge is -2.13. The normalized spacial score (nSPS) is 15.0. The van der Waals surface area contributed by atoms with Crippen LogP contribution in [0.4, 0.5) is 5.00 Å². The summed E-state index contributed by atoms with van der Waals surface area (Å²) in [7, 11) is -3.21. The van der Waals surface area contributed by atoms with E-state index in [2.05, 4.69) is 5.32 Å². The highest BCUT2D eigenvalue weighted by atomic mass is 35.5. The van der Waals surface area contributed by atoms with Crippen molar-refractivity contribution in [3.8, 4) is 0 Å². The zero-order valence-corrected chi connectivity index (χ0v) is 18.0. The summed E-state index contributed by atoms with van der Waals surface area (Å²) in [5.41, 5.74) is 1.47. The molecule has 2 aromatic rings. The van der Waals surface area contributed by atoms with E-state index in [1.807, 2.05) is 0 Å². The molecule has 1 N–H and O–H groups in total. The first-order valence-corrected chi connectivity index (χ1v) is 11.9. The second-order valence-corrected chi connectivity index (χ2v) is 10.4. The molecule has 0 radical (unpaired) electrons. The van der Waals surface area contributed by atoms with Crippen LogP contribution in [-0.2, 0) is 38.0 Å². The Morgan fingerprint density at radius 3 is 2.71 bits per heavy atom. The second kappa shape index (κ2) is 8.41. The number of ether oxygens (including phenoxy) is 1. The maximum Gasteiger partial charge on any atom is 0.341 e. The number of anilines is 1. The molecule has 6 nitrogen and oxygen atoms in total. The number of nitrogens with one attached hydrogen (secondary N) is 1. The molecule has 0 aliphatic carbocycles. The summed E-state index contributed by atoms with van der Waals surface area (Å²) < 4.78 is 29.0. The van der Waals surface area contributed by atoms with Gasteiger partial charge in [0.05, 0.1) is 30.1 Å². The van der Waals surface area contributed by atoms with Gasteiger partial charge >= 0.3 is 5.97 Å². The number of benzene rings is 1. The number of amides is 1. The van der Waals surface area contributed by atoms with Gasteiger partial charge in [0.2, 0.25) is 5.91 Å². The van der Waals surface area contributed by atoms with Crippen LogP contribution in [0.25, 0.3) is 0 Å². The maximum absolute atomic E-state index is 12.5. The summed E-state index contributed by atoms with van der Waals surface area (Å²) in [6, 6.07) is 4.84. The summed E-state index contributed by atoms with van der Waals surface area (Å²) in [5, 5.41) is 3.85. The molecule has 0 spiro atoms. The number of hydrogen-bond acceptors (Lipinski definition) is 6. The topological polar surface area (TPSA) is 89.5 Å². The van der Waals surface area contributed by atoms with Gasteiger partial charge in [-0.3, -0.25) is 4.79 Å². The van der Waals surface area contributed by atoms with Crippen LogP contribution in [0.15, 0.2) is 18.2 Å². The molecule has 0 bridgehead atoms. The third kappa shape index (κ3) is 4.68. The zero-order valence-electron chi connectivity index (χ0n) is 14.9. The molecule has 150 valence electrons. The van der Waals surface area contributed by atoms with Gasteiger partial charge < -0.3 is 10.1 Å². The Kier molecular flexibility index (Phi) is 6.34. The summed E-state index contributed by atoms with van der Waals surface area (Å²) in [6.45, 7) is 1.86. The Hall–Kier alpha value is -1.61. The van der Waals surface area contributed by atoms with E-state index in [9.17, 15) is 18.0 Å². The molecule has 1 aliphatic rings. The first kappa shape index (κ1) is 21.1. The summed E-state index contributed by atoms with van der Waals surface area (Å²) in [6.07, 6.45) is 0.209. The number of fused-ring (bicyclic) bond motifs is 1. The molecular formula is C18H17Cl2NO5S2. The van der Waals surface area contributed by atoms with Crippen molar-refractivity contribution in [2.75, 3.05) is 17.7 Å². The van der Waals surface area contributed by atoms with Crippen molar-refractivity contribution < 1.29 is 22.7 Å². The van der Waals surface area contributed by atoms with Crippen molar-refractivity contribution in [2.45, 2.75) is 25.5 Å². The quantitative estimate of drug-likeness (QED) is 0.682. The maximum atomic E-state index is 12.5. The third-order valence-corrected chi connectivity index (χ3v) is 7.68. The van der Waals surface area contributed by atoms with Crippen molar-refractivity contribution in [3.05, 3.63) is 49.8 Å². The van der Waals surface area contributed by atoms with Crippen LogP contribution in [0.5, 0.6) is 0 Å². The molecule has 1 amide bonds. The molecule has 0 atom stereocenters. The van der Waals surface area contributed by atoms with E-state index >= 15 is 0 Å². The Bertz CT molecular complexity index is 1050. The number of halogens is 2. The predicted octanol–water partition coefficient (Wildman–Crippen LogP) is 3.88. The molecule has 0 saturated carbocycles. The van der Waals surface area contributed by atoms with Crippen LogP contribution >= 0.6 is 34.5 Å². The number of thiophene rings is 1. The van der Waals surface area contributed by atoms with Crippen LogP contribution in [0.2, 0.25) is 10.0 Å². The number of esters is 1. The molecule has 10 heteroatoms. The first-order chi connectivity index (χ1) is 13.2. The standard InChI is InChI=1S/C18H17Cl2NO5S2/c1-2-26-18(23)16-12-5-6-28(24,25)9-14(12)27-17(16)21-15(22)7-10-3-4-11(19)8-13(10)20/h3-4,8H,2,5-7,9H2,1H3,(H,21,22). The molecule has 28 heavy (non-hydrogen) atoms. The third-order valence-electron chi connectivity index (χ3n) is 4.20. The van der Waals surface area contributed by atoms with Gasteiger partial charge in [-0.15, -0.1) is 11.3 Å². The number of rotatable bonds is 5. The lowest BCUT2D eigenvalue weighted by molar-refractivity contribution is -0.115. The number of carbonyl (C=O) groups is 2. The second-order valence-electron chi connectivity index (χ2n) is 6.23. The molecule has 0 fully saturated rings. The minimum Gasteiger partial charge on any atom is -0.462 e. The fourth-order valence-corrected chi connectivity index (χ4v) is 6.47. The van der Waals surface area contributed by atoms with Gasteiger partial charge in [-0.2, -0.15) is 0 Å². The smallest absolute Gasteiger partial charge is 0.341 e. The van der Waals surface area contributed by atoms with Gasteiger partial charge in [-0.25, -0.2) is 13.2 Å². The fourth-order valence-electron chi connectivity index (χ4n) is 2.94. The van der Waals surface area contributed by atoms with E-state index in [1.54, 1.807) is 25.1 Å². The fraction of sp³-hybridized carbons (Fsp3) is 0.333. The largest absolute Gasteiger partial charge is 0.462 e. The van der Waals surface area contributed by atoms with Crippen LogP contribution in [-0.4, -0.2) is 32.7 Å². The van der Waals surface area contributed by atoms with Crippen LogP contribution < -0.4 is 5.32 Å². The average Bonchev–Trinajstić information content (AvgIpc) is 2.93. The molecule has 3 rings (SSSR count). The molecule has 2 heterocycles. The van der Waals surface area contributed by atoms with E-state index in [4.69, 9.17) is 27.9 Å². The molecule has 0 saturated heterocycles. The molecule has 1 aromatic carbocycles. The van der Waals surface area contributed by atoms with Gasteiger partial charge in [0.25, 0.3) is 0 Å². The Balaban J connectivity index is 1.89. The van der Waals surface area contributed by atoms with Crippen LogP contribution in [0, 0.1) is 0 Å². The van der Waals surface area contributed by atoms with Gasteiger partial charge in [-0.05, 0) is 36.6 Å². The number of hydrogen-bond donors (Lipinski definition) is 1. The summed E-state index contributed by atoms with van der Waals surface area (Å²) in [4.78, 5) is 25.5. The van der Waals surface area contributed by atoms with Crippen molar-refractivity contribution >= 4 is 61.3 Å². The van der Waals surface area contributed by atoms with Crippen molar-refractivity contribution in [1.29, 1.82) is 0 Å². The average molecular weight is 462 g/mol. The minimum absolute atomic E-state index is 0.0147.